The molecule has 10 bridgehead atoms. The van der Waals surface area contributed by atoms with Crippen molar-refractivity contribution < 1.29 is 73.1 Å². The first-order valence-corrected chi connectivity index (χ1v) is 36.3. The third-order valence-corrected chi connectivity index (χ3v) is 22.0. The summed E-state index contributed by atoms with van der Waals surface area (Å²) in [6.45, 7) is 4.88. The van der Waals surface area contributed by atoms with Gasteiger partial charge in [-0.1, -0.05) is 50.6 Å². The zero-order chi connectivity index (χ0) is 69.9. The monoisotopic (exact) mass is 1450 g/mol. The quantitative estimate of drug-likeness (QED) is 0.0320. The number of carboxylic acid groups (broad SMARTS) is 3. The highest BCUT2D eigenvalue weighted by Gasteiger charge is 2.35. The third kappa shape index (κ3) is 17.5. The number of amides is 6. The molecule has 9 N–H and O–H groups in total. The molecule has 34 heteroatoms. The minimum Gasteiger partial charge on any atom is -0.481 e. The Morgan fingerprint density at radius 3 is 2.10 bits per heavy atom. The van der Waals surface area contributed by atoms with Crippen LogP contribution < -0.4 is 31.5 Å². The number of methoxy groups -OCH3 is 1. The standard InChI is InChI=1S/C64H69N13O15S6/c1-30(2)47-61-76-50(42(98-61)25-91-5)54(84)66-24-45(79)73-51(52(82)32-11-7-6-8-12-32)60-71-41(28-95-60)58-69-39(26-94-58)49-36(56-70-40(27-93-56)53(83)68-38(23-44(78)65-4)59-75-48(31(3)97-59)55(85)74-47)19-20-37(67-49)57-72-43(29-96-57)77(22-10-9-13-33(62(86)87)16-21-46(80)81)64(90)92-35-17-14-34(15-18-35)63(88)89/h6-8,11-12,19-20,26-30,33-35,38,47,51-52,82H,9-10,13-18,21-25H2,1-5H3,(H,65,78)(H,66,84)(H,68,83)(H,73,79)(H,74,85)(H,80,81)(H,86,87)(H,88,89)/t33?,34-,35-,38-,47-,51-,52-/m0/s1. The fourth-order valence-electron chi connectivity index (χ4n) is 11.0. The Hall–Kier alpha value is -8.90. The van der Waals surface area contributed by atoms with Crippen LogP contribution in [0.4, 0.5) is 10.6 Å². The van der Waals surface area contributed by atoms with E-state index in [1.807, 2.05) is 13.8 Å². The van der Waals surface area contributed by atoms with E-state index in [0.29, 0.717) is 95.1 Å². The van der Waals surface area contributed by atoms with E-state index in [0.717, 1.165) is 56.7 Å². The van der Waals surface area contributed by atoms with Crippen molar-refractivity contribution in [3.8, 4) is 43.4 Å². The molecule has 1 fully saturated rings. The number of nitrogens with one attached hydrogen (secondary N) is 5. The summed E-state index contributed by atoms with van der Waals surface area (Å²) < 4.78 is 11.4. The van der Waals surface area contributed by atoms with E-state index < -0.39 is 102 Å². The molecular weight excluding hydrogens is 1380 g/mol. The predicted octanol–water partition coefficient (Wildman–Crippen LogP) is 9.63. The van der Waals surface area contributed by atoms with Crippen molar-refractivity contribution >= 4 is 127 Å². The Labute approximate surface area is 584 Å². The van der Waals surface area contributed by atoms with E-state index in [4.69, 9.17) is 44.4 Å². The van der Waals surface area contributed by atoms with Crippen LogP contribution in [0.2, 0.25) is 0 Å². The SMILES string of the molecule is CNC(=O)C[C@@H]1NC(=O)c2csc(n2)-c2ccc(-c3nc(N(CCCCC(CCC(=O)O)C(=O)O)C(=O)O[C@H]4CC[C@H](C(=O)O)CC4)cs3)nc2-c2csc(n2)-c2csc(n2)[C@H]([C@@H](O)c2ccccc2)NC(=O)CNC(=O)c2nc(sc2COC)[C@H](C(C)C)NC(=O)c2nc1sc2C. The van der Waals surface area contributed by atoms with Gasteiger partial charge < -0.3 is 56.5 Å². The van der Waals surface area contributed by atoms with Gasteiger partial charge >= 0.3 is 24.0 Å². The van der Waals surface area contributed by atoms with Gasteiger partial charge in [-0.15, -0.1) is 68.0 Å². The number of rotatable bonds is 20. The maximum Gasteiger partial charge on any atom is 0.415 e. The molecular formula is C64H69N13O15S6. The third-order valence-electron chi connectivity index (χ3n) is 16.3. The molecule has 6 amide bonds. The molecule has 7 aromatic heterocycles. The summed E-state index contributed by atoms with van der Waals surface area (Å²) in [6, 6.07) is 9.15. The summed E-state index contributed by atoms with van der Waals surface area (Å²) in [7, 11) is 2.91. The Balaban J connectivity index is 1.03. The number of thiazole rings is 6. The second-order valence-corrected chi connectivity index (χ2v) is 29.3. The number of aryl methyl sites for hydroxylation is 1. The van der Waals surface area contributed by atoms with Gasteiger partial charge in [0.1, 0.15) is 88.3 Å². The van der Waals surface area contributed by atoms with Crippen molar-refractivity contribution in [1.82, 2.24) is 61.5 Å². The number of carbonyl (C=O) groups is 9. The number of anilines is 1. The van der Waals surface area contributed by atoms with Crippen LogP contribution in [0.15, 0.2) is 64.0 Å². The number of aliphatic carboxylic acids is 3. The van der Waals surface area contributed by atoms with E-state index in [1.54, 1.807) is 70.9 Å². The van der Waals surface area contributed by atoms with Gasteiger partial charge in [-0.3, -0.25) is 43.3 Å². The van der Waals surface area contributed by atoms with Crippen molar-refractivity contribution in [2.45, 2.75) is 122 Å². The summed E-state index contributed by atoms with van der Waals surface area (Å²) in [6.07, 6.45) is -1.27. The molecule has 0 saturated heterocycles. The minimum atomic E-state index is -1.33. The highest BCUT2D eigenvalue weighted by atomic mass is 32.1. The normalized spacial score (nSPS) is 18.3. The van der Waals surface area contributed by atoms with Gasteiger partial charge in [0, 0.05) is 59.1 Å². The molecule has 28 nitrogen and oxygen atoms in total. The average molecular weight is 1450 g/mol. The molecule has 8 aromatic rings. The highest BCUT2D eigenvalue weighted by molar-refractivity contribution is 7.15. The van der Waals surface area contributed by atoms with Crippen LogP contribution in [-0.4, -0.2) is 142 Å². The van der Waals surface area contributed by atoms with Gasteiger partial charge in [0.2, 0.25) is 11.8 Å². The van der Waals surface area contributed by atoms with E-state index in [2.05, 4.69) is 26.6 Å². The number of fused-ring (bicyclic) bond motifs is 14. The molecule has 1 aliphatic carbocycles. The molecule has 1 unspecified atom stereocenters. The second-order valence-electron chi connectivity index (χ2n) is 23.5. The number of benzene rings is 1. The van der Waals surface area contributed by atoms with Crippen LogP contribution in [0.3, 0.4) is 0 Å². The summed E-state index contributed by atoms with van der Waals surface area (Å²) in [5.41, 5.74) is 2.18. The molecule has 98 heavy (non-hydrogen) atoms. The number of aliphatic hydroxyl groups excluding tert-OH is 1. The van der Waals surface area contributed by atoms with E-state index in [-0.39, 0.29) is 84.8 Å². The van der Waals surface area contributed by atoms with Gasteiger partial charge in [0.25, 0.3) is 17.7 Å². The summed E-state index contributed by atoms with van der Waals surface area (Å²) in [5, 5.41) is 63.4. The van der Waals surface area contributed by atoms with Crippen LogP contribution in [0, 0.1) is 24.7 Å². The minimum absolute atomic E-state index is 0.0235. The smallest absolute Gasteiger partial charge is 0.415 e. The molecule has 516 valence electrons. The van der Waals surface area contributed by atoms with Crippen LogP contribution in [0.1, 0.15) is 164 Å². The Morgan fingerprint density at radius 1 is 0.684 bits per heavy atom. The zero-order valence-corrected chi connectivity index (χ0v) is 58.4. The number of carbonyl (C=O) groups excluding carboxylic acids is 6. The van der Waals surface area contributed by atoms with Crippen molar-refractivity contribution in [3.05, 3.63) is 111 Å². The van der Waals surface area contributed by atoms with Gasteiger partial charge in [-0.25, -0.2) is 39.7 Å². The fraction of sp³-hybridized carbons (Fsp3) is 0.406. The fourth-order valence-corrected chi connectivity index (χ4v) is 16.5. The number of hydrogen-bond acceptors (Lipinski definition) is 25. The van der Waals surface area contributed by atoms with Crippen LogP contribution in [0.5, 0.6) is 0 Å². The largest absolute Gasteiger partial charge is 0.481 e. The molecule has 10 rings (SSSR count). The molecule has 1 aliphatic heterocycles. The molecule has 0 spiro atoms. The Morgan fingerprint density at radius 2 is 1.39 bits per heavy atom. The van der Waals surface area contributed by atoms with E-state index in [1.165, 1.54) is 30.4 Å². The second kappa shape index (κ2) is 32.6. The number of aliphatic hydroxyl groups is 1. The number of unbranched alkanes of at least 4 members (excludes halogenated alkanes) is 1. The zero-order valence-electron chi connectivity index (χ0n) is 53.5. The summed E-state index contributed by atoms with van der Waals surface area (Å²) >= 11 is 6.92. The molecule has 2 aliphatic rings. The maximum absolute atomic E-state index is 14.5. The number of carboxylic acids is 3. The molecule has 5 atom stereocenters. The Bertz CT molecular complexity index is 4230. The van der Waals surface area contributed by atoms with Crippen molar-refractivity contribution in [1.29, 1.82) is 0 Å². The first-order valence-electron chi connectivity index (χ1n) is 31.1. The van der Waals surface area contributed by atoms with E-state index >= 15 is 0 Å². The van der Waals surface area contributed by atoms with Gasteiger partial charge in [-0.05, 0) is 75.5 Å². The van der Waals surface area contributed by atoms with Crippen LogP contribution >= 0.6 is 68.0 Å². The molecule has 0 radical (unpaired) electrons. The summed E-state index contributed by atoms with van der Waals surface area (Å²) in [5.74, 6) is -7.80. The lowest BCUT2D eigenvalue weighted by Gasteiger charge is -2.28. The first kappa shape index (κ1) is 71.9. The van der Waals surface area contributed by atoms with Crippen LogP contribution in [-0.2, 0) is 40.1 Å². The topological polar surface area (TPSA) is 407 Å². The lowest BCUT2D eigenvalue weighted by molar-refractivity contribution is -0.144. The number of aromatic nitrogens is 7. The first-order chi connectivity index (χ1) is 47.0. The average Bonchev–Trinajstić information content (AvgIpc) is 1.59. The van der Waals surface area contributed by atoms with Crippen LogP contribution in [0.25, 0.3) is 43.4 Å². The highest BCUT2D eigenvalue weighted by Crippen LogP contribution is 2.41. The number of nitrogens with zero attached hydrogens (tertiary/aromatic N) is 8. The maximum atomic E-state index is 14.5. The van der Waals surface area contributed by atoms with Gasteiger partial charge in [0.15, 0.2) is 0 Å². The van der Waals surface area contributed by atoms with Gasteiger partial charge in [0.05, 0.1) is 54.1 Å². The van der Waals surface area contributed by atoms with Gasteiger partial charge in [-0.2, -0.15) is 0 Å². The number of pyridine rings is 1. The van der Waals surface area contributed by atoms with Crippen molar-refractivity contribution in [2.24, 2.45) is 17.8 Å². The number of hydrogen-bond donors (Lipinski definition) is 9. The summed E-state index contributed by atoms with van der Waals surface area (Å²) in [4.78, 5) is 156. The van der Waals surface area contributed by atoms with Crippen molar-refractivity contribution in [2.75, 3.05) is 32.1 Å². The van der Waals surface area contributed by atoms with E-state index in [9.17, 15) is 63.6 Å². The number of ether oxygens (including phenoxy) is 2. The molecule has 1 aromatic carbocycles. The molecule has 8 heterocycles. The lowest BCUT2D eigenvalue weighted by atomic mass is 9.87. The predicted molar refractivity (Wildman–Crippen MR) is 366 cm³/mol. The Kier molecular flexibility index (Phi) is 23.9. The molecule has 1 saturated carbocycles. The lowest BCUT2D eigenvalue weighted by Crippen LogP contribution is -2.40. The van der Waals surface area contributed by atoms with Crippen molar-refractivity contribution in [3.63, 3.8) is 0 Å².